The first kappa shape index (κ1) is 12.6. The monoisotopic (exact) mass is 255 g/mol. The van der Waals surface area contributed by atoms with Gasteiger partial charge in [-0.25, -0.2) is 0 Å². The number of pyridine rings is 1. The Balaban J connectivity index is 1.83. The van der Waals surface area contributed by atoms with E-state index < -0.39 is 0 Å². The van der Waals surface area contributed by atoms with E-state index in [1.165, 1.54) is 12.8 Å². The number of hydrogen-bond donors (Lipinski definition) is 1. The largest absolute Gasteiger partial charge is 0.388 e. The quantitative estimate of drug-likeness (QED) is 0.876. The maximum absolute atomic E-state index is 10.6. The normalized spacial score (nSPS) is 25.4. The second-order valence-electron chi connectivity index (χ2n) is 5.92. The van der Waals surface area contributed by atoms with E-state index in [-0.39, 0.29) is 6.10 Å². The van der Waals surface area contributed by atoms with Gasteiger partial charge in [-0.05, 0) is 48.4 Å². The van der Waals surface area contributed by atoms with Crippen molar-refractivity contribution in [3.63, 3.8) is 0 Å². The van der Waals surface area contributed by atoms with Crippen LogP contribution in [0.25, 0.3) is 10.9 Å². The molecule has 3 rings (SSSR count). The molecule has 0 bridgehead atoms. The molecule has 2 aromatic rings. The zero-order valence-electron chi connectivity index (χ0n) is 11.4. The van der Waals surface area contributed by atoms with Crippen molar-refractivity contribution < 1.29 is 5.11 Å². The summed E-state index contributed by atoms with van der Waals surface area (Å²) in [5.74, 6) is 1.24. The fraction of sp³-hybridized carbons (Fsp3) is 0.471. The Morgan fingerprint density at radius 1 is 1.16 bits per heavy atom. The highest BCUT2D eigenvalue weighted by Gasteiger charge is 2.25. The first-order chi connectivity index (χ1) is 9.24. The fourth-order valence-electron chi connectivity index (χ4n) is 3.15. The van der Waals surface area contributed by atoms with Crippen LogP contribution in [0.4, 0.5) is 0 Å². The Kier molecular flexibility index (Phi) is 3.52. The van der Waals surface area contributed by atoms with Gasteiger partial charge < -0.3 is 5.11 Å². The zero-order chi connectivity index (χ0) is 13.2. The summed E-state index contributed by atoms with van der Waals surface area (Å²) >= 11 is 0. The van der Waals surface area contributed by atoms with E-state index >= 15 is 0 Å². The van der Waals surface area contributed by atoms with Gasteiger partial charge in [-0.3, -0.25) is 4.98 Å². The highest BCUT2D eigenvalue weighted by Crippen LogP contribution is 2.37. The molecule has 1 aromatic carbocycles. The summed E-state index contributed by atoms with van der Waals surface area (Å²) in [6.07, 6.45) is 6.27. The first-order valence-electron chi connectivity index (χ1n) is 7.27. The van der Waals surface area contributed by atoms with E-state index in [0.717, 1.165) is 35.2 Å². The fourth-order valence-corrected chi connectivity index (χ4v) is 3.15. The lowest BCUT2D eigenvalue weighted by molar-refractivity contribution is 0.0757. The second kappa shape index (κ2) is 5.30. The number of fused-ring (bicyclic) bond motifs is 1. The SMILES string of the molecule is CC1CCC(C(O)c2ccc3ncccc3c2)CC1. The van der Waals surface area contributed by atoms with Crippen molar-refractivity contribution in [3.8, 4) is 0 Å². The lowest BCUT2D eigenvalue weighted by Crippen LogP contribution is -2.19. The minimum absolute atomic E-state index is 0.322. The summed E-state index contributed by atoms with van der Waals surface area (Å²) in [6.45, 7) is 2.31. The molecule has 2 heteroatoms. The molecule has 0 saturated heterocycles. The van der Waals surface area contributed by atoms with E-state index in [0.29, 0.717) is 5.92 Å². The van der Waals surface area contributed by atoms with Gasteiger partial charge in [-0.1, -0.05) is 31.9 Å². The highest BCUT2D eigenvalue weighted by molar-refractivity contribution is 5.79. The molecular formula is C17H21NO. The number of rotatable bonds is 2. The zero-order valence-corrected chi connectivity index (χ0v) is 11.4. The number of hydrogen-bond acceptors (Lipinski definition) is 2. The number of aliphatic hydroxyl groups excluding tert-OH is 1. The second-order valence-corrected chi connectivity index (χ2v) is 5.92. The Hall–Kier alpha value is -1.41. The van der Waals surface area contributed by atoms with Gasteiger partial charge in [-0.2, -0.15) is 0 Å². The molecule has 19 heavy (non-hydrogen) atoms. The van der Waals surface area contributed by atoms with Gasteiger partial charge in [0.25, 0.3) is 0 Å². The third kappa shape index (κ3) is 2.64. The maximum Gasteiger partial charge on any atom is 0.0818 e. The molecule has 0 radical (unpaired) electrons. The summed E-state index contributed by atoms with van der Waals surface area (Å²) < 4.78 is 0. The standard InChI is InChI=1S/C17H21NO/c1-12-4-6-13(7-5-12)17(19)15-8-9-16-14(11-15)3-2-10-18-16/h2-3,8-13,17,19H,4-7H2,1H3. The Morgan fingerprint density at radius 3 is 2.74 bits per heavy atom. The van der Waals surface area contributed by atoms with Gasteiger partial charge in [0.2, 0.25) is 0 Å². The van der Waals surface area contributed by atoms with Gasteiger partial charge >= 0.3 is 0 Å². The lowest BCUT2D eigenvalue weighted by Gasteiger charge is -2.30. The van der Waals surface area contributed by atoms with Crippen molar-refractivity contribution >= 4 is 10.9 Å². The van der Waals surface area contributed by atoms with Crippen molar-refractivity contribution in [2.24, 2.45) is 11.8 Å². The smallest absolute Gasteiger partial charge is 0.0818 e. The maximum atomic E-state index is 10.6. The van der Waals surface area contributed by atoms with Crippen LogP contribution in [-0.2, 0) is 0 Å². The molecule has 1 aliphatic carbocycles. The number of aliphatic hydroxyl groups is 1. The van der Waals surface area contributed by atoms with Crippen LogP contribution in [-0.4, -0.2) is 10.1 Å². The average molecular weight is 255 g/mol. The minimum Gasteiger partial charge on any atom is -0.388 e. The third-order valence-electron chi connectivity index (χ3n) is 4.48. The molecule has 1 unspecified atom stereocenters. The van der Waals surface area contributed by atoms with E-state index in [1.807, 2.05) is 18.2 Å². The number of benzene rings is 1. The van der Waals surface area contributed by atoms with Gasteiger partial charge in [0.1, 0.15) is 0 Å². The van der Waals surface area contributed by atoms with Crippen molar-refractivity contribution in [1.82, 2.24) is 4.98 Å². The Morgan fingerprint density at radius 2 is 1.95 bits per heavy atom. The van der Waals surface area contributed by atoms with Crippen molar-refractivity contribution in [1.29, 1.82) is 0 Å². The summed E-state index contributed by atoms with van der Waals surface area (Å²) in [4.78, 5) is 4.32. The van der Waals surface area contributed by atoms with Gasteiger partial charge in [-0.15, -0.1) is 0 Å². The van der Waals surface area contributed by atoms with E-state index in [4.69, 9.17) is 0 Å². The molecule has 1 saturated carbocycles. The van der Waals surface area contributed by atoms with Gasteiger partial charge in [0.15, 0.2) is 0 Å². The predicted molar refractivity (Wildman–Crippen MR) is 77.8 cm³/mol. The topological polar surface area (TPSA) is 33.1 Å². The Bertz CT molecular complexity index is 558. The lowest BCUT2D eigenvalue weighted by atomic mass is 9.78. The van der Waals surface area contributed by atoms with Crippen LogP contribution in [0.1, 0.15) is 44.3 Å². The molecule has 1 N–H and O–H groups in total. The minimum atomic E-state index is -0.322. The summed E-state index contributed by atoms with van der Waals surface area (Å²) in [5.41, 5.74) is 2.04. The van der Waals surface area contributed by atoms with Crippen molar-refractivity contribution in [2.45, 2.75) is 38.7 Å². The molecule has 2 nitrogen and oxygen atoms in total. The molecular weight excluding hydrogens is 234 g/mol. The molecule has 1 aromatic heterocycles. The molecule has 1 atom stereocenters. The summed E-state index contributed by atoms with van der Waals surface area (Å²) in [7, 11) is 0. The molecule has 1 fully saturated rings. The average Bonchev–Trinajstić information content (AvgIpc) is 2.47. The molecule has 1 heterocycles. The van der Waals surface area contributed by atoms with Crippen LogP contribution < -0.4 is 0 Å². The number of nitrogens with zero attached hydrogens (tertiary/aromatic N) is 1. The van der Waals surface area contributed by atoms with Crippen LogP contribution in [0.2, 0.25) is 0 Å². The first-order valence-corrected chi connectivity index (χ1v) is 7.27. The molecule has 0 aliphatic heterocycles. The van der Waals surface area contributed by atoms with E-state index in [1.54, 1.807) is 6.20 Å². The van der Waals surface area contributed by atoms with Crippen molar-refractivity contribution in [3.05, 3.63) is 42.1 Å². The van der Waals surface area contributed by atoms with E-state index in [9.17, 15) is 5.11 Å². The molecule has 1 aliphatic rings. The van der Waals surface area contributed by atoms with Gasteiger partial charge in [0, 0.05) is 11.6 Å². The molecule has 100 valence electrons. The summed E-state index contributed by atoms with van der Waals surface area (Å²) in [6, 6.07) is 10.1. The van der Waals surface area contributed by atoms with Crippen LogP contribution in [0.15, 0.2) is 36.5 Å². The van der Waals surface area contributed by atoms with E-state index in [2.05, 4.69) is 24.0 Å². The van der Waals surface area contributed by atoms with Crippen LogP contribution in [0, 0.1) is 11.8 Å². The predicted octanol–water partition coefficient (Wildman–Crippen LogP) is 4.09. The van der Waals surface area contributed by atoms with Crippen LogP contribution in [0.3, 0.4) is 0 Å². The van der Waals surface area contributed by atoms with Crippen molar-refractivity contribution in [2.75, 3.05) is 0 Å². The molecule has 0 amide bonds. The Labute approximate surface area is 114 Å². The van der Waals surface area contributed by atoms with Gasteiger partial charge in [0.05, 0.1) is 11.6 Å². The molecule has 0 spiro atoms. The van der Waals surface area contributed by atoms with Crippen LogP contribution in [0.5, 0.6) is 0 Å². The highest BCUT2D eigenvalue weighted by atomic mass is 16.3. The third-order valence-corrected chi connectivity index (χ3v) is 4.48. The number of aromatic nitrogens is 1. The van der Waals surface area contributed by atoms with Crippen LogP contribution >= 0.6 is 0 Å². The summed E-state index contributed by atoms with van der Waals surface area (Å²) in [5, 5.41) is 11.7.